The predicted octanol–water partition coefficient (Wildman–Crippen LogP) is 3.68. The van der Waals surface area contributed by atoms with Crippen LogP contribution in [0.1, 0.15) is 0 Å². The van der Waals surface area contributed by atoms with E-state index in [1.165, 1.54) is 12.5 Å². The quantitative estimate of drug-likeness (QED) is 0.217. The Labute approximate surface area is 156 Å². The summed E-state index contributed by atoms with van der Waals surface area (Å²) in [6, 6.07) is 9.36. The first kappa shape index (κ1) is 22.4. The summed E-state index contributed by atoms with van der Waals surface area (Å²) in [5.41, 5.74) is 0. The molecule has 146 valence electrons. The molecule has 0 spiro atoms. The van der Waals surface area contributed by atoms with Crippen molar-refractivity contribution in [3.05, 3.63) is 56.0 Å². The Kier molecular flexibility index (Phi) is 14.5. The molecule has 0 radical (unpaired) electrons. The third-order valence-corrected chi connectivity index (χ3v) is 3.85. The van der Waals surface area contributed by atoms with E-state index in [9.17, 15) is 0 Å². The molecular weight excluding hydrogens is 359 g/mol. The molecule has 8 heteroatoms. The van der Waals surface area contributed by atoms with E-state index in [1.807, 2.05) is 30.3 Å². The first-order valence-corrected chi connectivity index (χ1v) is 9.36. The van der Waals surface area contributed by atoms with Crippen LogP contribution in [0.15, 0.2) is 56.0 Å². The van der Waals surface area contributed by atoms with E-state index in [-0.39, 0.29) is 0 Å². The van der Waals surface area contributed by atoms with Crippen molar-refractivity contribution >= 4 is 8.60 Å². The lowest BCUT2D eigenvalue weighted by Crippen LogP contribution is -2.10. The molecular formula is C18H27O7P. The summed E-state index contributed by atoms with van der Waals surface area (Å²) in [7, 11) is -1.55. The van der Waals surface area contributed by atoms with E-state index in [0.717, 1.165) is 0 Å². The zero-order chi connectivity index (χ0) is 18.7. The molecule has 0 aliphatic rings. The van der Waals surface area contributed by atoms with Crippen LogP contribution in [0, 0.1) is 0 Å². The van der Waals surface area contributed by atoms with Crippen LogP contribution in [0.3, 0.4) is 0 Å². The molecule has 0 saturated carbocycles. The van der Waals surface area contributed by atoms with Gasteiger partial charge in [0.15, 0.2) is 0 Å². The molecule has 0 N–H and O–H groups in total. The van der Waals surface area contributed by atoms with Crippen LogP contribution in [-0.2, 0) is 28.0 Å². The standard InChI is InChI=1S/C18H27O7P/c1-3-19-10-12-21-14-16-23-26(25-18-8-6-5-7-9-18)24-17-15-22-13-11-20-4-2/h3-9H,1-2,10-17H2. The zero-order valence-electron chi connectivity index (χ0n) is 14.9. The van der Waals surface area contributed by atoms with Gasteiger partial charge in [0.05, 0.1) is 52.2 Å². The highest BCUT2D eigenvalue weighted by atomic mass is 31.2. The van der Waals surface area contributed by atoms with E-state index < -0.39 is 8.60 Å². The Bertz CT molecular complexity index is 436. The number of ether oxygens (including phenoxy) is 4. The molecule has 0 saturated heterocycles. The molecule has 0 fully saturated rings. The molecule has 0 heterocycles. The molecule has 1 rings (SSSR count). The van der Waals surface area contributed by atoms with Gasteiger partial charge < -0.3 is 32.5 Å². The topological polar surface area (TPSA) is 64.6 Å². The van der Waals surface area contributed by atoms with Gasteiger partial charge in [-0.2, -0.15) is 0 Å². The SMILES string of the molecule is C=COCCOCCOP(OCCOCCOC=C)Oc1ccccc1. The molecule has 0 bridgehead atoms. The third kappa shape index (κ3) is 12.7. The smallest absolute Gasteiger partial charge is 0.397 e. The summed E-state index contributed by atoms with van der Waals surface area (Å²) in [5, 5.41) is 0. The fraction of sp³-hybridized carbons (Fsp3) is 0.444. The number of rotatable bonds is 18. The average molecular weight is 386 g/mol. The fourth-order valence-electron chi connectivity index (χ4n) is 1.58. The van der Waals surface area contributed by atoms with Gasteiger partial charge in [0.2, 0.25) is 0 Å². The van der Waals surface area contributed by atoms with Crippen molar-refractivity contribution in [1.29, 1.82) is 0 Å². The Balaban J connectivity index is 2.22. The van der Waals surface area contributed by atoms with Crippen molar-refractivity contribution in [1.82, 2.24) is 0 Å². The van der Waals surface area contributed by atoms with Crippen molar-refractivity contribution < 1.29 is 32.5 Å². The minimum Gasteiger partial charge on any atom is -0.499 e. The van der Waals surface area contributed by atoms with Gasteiger partial charge >= 0.3 is 8.60 Å². The molecule has 26 heavy (non-hydrogen) atoms. The van der Waals surface area contributed by atoms with Gasteiger partial charge in [0, 0.05) is 0 Å². The lowest BCUT2D eigenvalue weighted by Gasteiger charge is -2.17. The second-order valence-electron chi connectivity index (χ2n) is 4.59. The van der Waals surface area contributed by atoms with Crippen LogP contribution in [0.4, 0.5) is 0 Å². The predicted molar refractivity (Wildman–Crippen MR) is 99.8 cm³/mol. The van der Waals surface area contributed by atoms with Gasteiger partial charge in [0.25, 0.3) is 0 Å². The summed E-state index contributed by atoms with van der Waals surface area (Å²) in [6.45, 7) is 10.3. The third-order valence-electron chi connectivity index (χ3n) is 2.70. The van der Waals surface area contributed by atoms with Gasteiger partial charge in [-0.05, 0) is 12.1 Å². The Hall–Kier alpha value is -1.63. The summed E-state index contributed by atoms with van der Waals surface area (Å²) < 4.78 is 37.7. The van der Waals surface area contributed by atoms with Gasteiger partial charge in [-0.3, -0.25) is 0 Å². The molecule has 0 aliphatic heterocycles. The summed E-state index contributed by atoms with van der Waals surface area (Å²) in [5.74, 6) is 0.680. The first-order valence-electron chi connectivity index (χ1n) is 8.26. The van der Waals surface area contributed by atoms with E-state index in [1.54, 1.807) is 0 Å². The lowest BCUT2D eigenvalue weighted by atomic mass is 10.3. The monoisotopic (exact) mass is 386 g/mol. The minimum atomic E-state index is -1.55. The molecule has 0 amide bonds. The Morgan fingerprint density at radius 2 is 1.19 bits per heavy atom. The molecule has 0 aromatic heterocycles. The largest absolute Gasteiger partial charge is 0.499 e. The molecule has 1 aromatic carbocycles. The lowest BCUT2D eigenvalue weighted by molar-refractivity contribution is 0.0493. The van der Waals surface area contributed by atoms with Crippen molar-refractivity contribution in [3.8, 4) is 5.75 Å². The summed E-state index contributed by atoms with van der Waals surface area (Å²) in [6.07, 6.45) is 2.76. The molecule has 0 aliphatic carbocycles. The normalized spacial score (nSPS) is 10.5. The summed E-state index contributed by atoms with van der Waals surface area (Å²) >= 11 is 0. The van der Waals surface area contributed by atoms with Crippen LogP contribution in [0.5, 0.6) is 5.75 Å². The van der Waals surface area contributed by atoms with Crippen LogP contribution >= 0.6 is 8.60 Å². The number of benzene rings is 1. The number of para-hydroxylation sites is 1. The molecule has 7 nitrogen and oxygen atoms in total. The van der Waals surface area contributed by atoms with E-state index in [0.29, 0.717) is 58.6 Å². The van der Waals surface area contributed by atoms with Crippen molar-refractivity contribution in [2.45, 2.75) is 0 Å². The van der Waals surface area contributed by atoms with Crippen molar-refractivity contribution in [3.63, 3.8) is 0 Å². The van der Waals surface area contributed by atoms with E-state index in [4.69, 9.17) is 32.5 Å². The van der Waals surface area contributed by atoms with Crippen LogP contribution in [0.2, 0.25) is 0 Å². The fourth-order valence-corrected chi connectivity index (χ4v) is 2.50. The van der Waals surface area contributed by atoms with E-state index >= 15 is 0 Å². The number of hydrogen-bond donors (Lipinski definition) is 0. The maximum atomic E-state index is 5.74. The van der Waals surface area contributed by atoms with Gasteiger partial charge in [-0.15, -0.1) is 0 Å². The average Bonchev–Trinajstić information content (AvgIpc) is 2.67. The van der Waals surface area contributed by atoms with Crippen LogP contribution in [-0.4, -0.2) is 52.9 Å². The highest BCUT2D eigenvalue weighted by molar-refractivity contribution is 7.42. The van der Waals surface area contributed by atoms with Crippen LogP contribution in [0.25, 0.3) is 0 Å². The van der Waals surface area contributed by atoms with Gasteiger partial charge in [0.1, 0.15) is 19.0 Å². The maximum absolute atomic E-state index is 5.74. The first-order chi connectivity index (χ1) is 12.9. The highest BCUT2D eigenvalue weighted by Crippen LogP contribution is 2.40. The van der Waals surface area contributed by atoms with E-state index in [2.05, 4.69) is 13.2 Å². The molecule has 0 atom stereocenters. The second-order valence-corrected chi connectivity index (χ2v) is 5.74. The van der Waals surface area contributed by atoms with Gasteiger partial charge in [-0.25, -0.2) is 0 Å². The minimum absolute atomic E-state index is 0.348. The second kappa shape index (κ2) is 16.8. The summed E-state index contributed by atoms with van der Waals surface area (Å²) in [4.78, 5) is 0. The number of hydrogen-bond acceptors (Lipinski definition) is 7. The highest BCUT2D eigenvalue weighted by Gasteiger charge is 2.14. The molecule has 1 aromatic rings. The van der Waals surface area contributed by atoms with Crippen LogP contribution < -0.4 is 4.52 Å². The van der Waals surface area contributed by atoms with Gasteiger partial charge in [-0.1, -0.05) is 31.4 Å². The molecule has 0 unspecified atom stereocenters. The van der Waals surface area contributed by atoms with Crippen molar-refractivity contribution in [2.75, 3.05) is 52.9 Å². The zero-order valence-corrected chi connectivity index (χ0v) is 15.8. The Morgan fingerprint density at radius 1 is 0.692 bits per heavy atom. The maximum Gasteiger partial charge on any atom is 0.397 e. The van der Waals surface area contributed by atoms with Crippen molar-refractivity contribution in [2.24, 2.45) is 0 Å². The Morgan fingerprint density at radius 3 is 1.69 bits per heavy atom.